The minimum atomic E-state index is -0.577. The lowest BCUT2D eigenvalue weighted by Gasteiger charge is -2.31. The first kappa shape index (κ1) is 16.9. The average molecular weight is 367 g/mol. The van der Waals surface area contributed by atoms with Crippen molar-refractivity contribution in [3.63, 3.8) is 0 Å². The number of aryl methyl sites for hydroxylation is 1. The zero-order valence-corrected chi connectivity index (χ0v) is 15.6. The molecule has 3 aromatic rings. The van der Waals surface area contributed by atoms with Gasteiger partial charge in [-0.1, -0.05) is 0 Å². The lowest BCUT2D eigenvalue weighted by atomic mass is 9.96. The number of β-amino-alcohol motifs (C(OH)–C–C–N with tert-alkyl or cyclic N) is 1. The Bertz CT molecular complexity index is 937. The Kier molecular flexibility index (Phi) is 4.21. The molecule has 0 bridgehead atoms. The van der Waals surface area contributed by atoms with Gasteiger partial charge >= 0.3 is 0 Å². The van der Waals surface area contributed by atoms with Gasteiger partial charge in [-0.15, -0.1) is 10.2 Å². The Labute approximate surface area is 158 Å². The van der Waals surface area contributed by atoms with E-state index in [-0.39, 0.29) is 0 Å². The highest BCUT2D eigenvalue weighted by Crippen LogP contribution is 2.39. The SMILES string of the molecule is Cc1ccc(C(O)CN2CCC(c3nnc4ccc(C5CC5)nn34)CC2)o1. The molecule has 1 aliphatic heterocycles. The van der Waals surface area contributed by atoms with Crippen LogP contribution in [0, 0.1) is 6.92 Å². The molecule has 1 saturated heterocycles. The van der Waals surface area contributed by atoms with E-state index in [9.17, 15) is 5.11 Å². The molecule has 5 rings (SSSR count). The van der Waals surface area contributed by atoms with E-state index in [2.05, 4.69) is 21.2 Å². The summed E-state index contributed by atoms with van der Waals surface area (Å²) in [6.07, 6.45) is 3.91. The standard InChI is InChI=1S/C20H25N5O2/c1-13-2-6-18(27-13)17(26)12-24-10-8-15(9-11-24)20-22-21-19-7-5-16(14-3-4-14)23-25(19)20/h2,5-7,14-15,17,26H,3-4,8-12H2,1H3. The van der Waals surface area contributed by atoms with Crippen LogP contribution in [-0.4, -0.2) is 49.5 Å². The topological polar surface area (TPSA) is 79.7 Å². The lowest BCUT2D eigenvalue weighted by molar-refractivity contribution is 0.0803. The van der Waals surface area contributed by atoms with Crippen LogP contribution < -0.4 is 0 Å². The molecule has 7 nitrogen and oxygen atoms in total. The number of hydrogen-bond acceptors (Lipinski definition) is 6. The van der Waals surface area contributed by atoms with Gasteiger partial charge in [0.1, 0.15) is 17.6 Å². The third kappa shape index (κ3) is 3.37. The van der Waals surface area contributed by atoms with E-state index in [1.54, 1.807) is 0 Å². The summed E-state index contributed by atoms with van der Waals surface area (Å²) in [6, 6.07) is 7.88. The Morgan fingerprint density at radius 2 is 1.89 bits per heavy atom. The minimum Gasteiger partial charge on any atom is -0.464 e. The zero-order valence-electron chi connectivity index (χ0n) is 15.6. The third-order valence-electron chi connectivity index (χ3n) is 5.78. The summed E-state index contributed by atoms with van der Waals surface area (Å²) >= 11 is 0. The summed E-state index contributed by atoms with van der Waals surface area (Å²) in [5.74, 6) is 3.45. The number of furan rings is 1. The van der Waals surface area contributed by atoms with E-state index >= 15 is 0 Å². The van der Waals surface area contributed by atoms with Crippen LogP contribution in [0.3, 0.4) is 0 Å². The molecule has 142 valence electrons. The molecule has 2 fully saturated rings. The number of likely N-dealkylation sites (tertiary alicyclic amines) is 1. The van der Waals surface area contributed by atoms with Gasteiger partial charge < -0.3 is 14.4 Å². The van der Waals surface area contributed by atoms with Crippen molar-refractivity contribution in [2.75, 3.05) is 19.6 Å². The van der Waals surface area contributed by atoms with Crippen LogP contribution in [-0.2, 0) is 0 Å². The zero-order chi connectivity index (χ0) is 18.4. The molecule has 4 heterocycles. The van der Waals surface area contributed by atoms with Gasteiger partial charge in [0.25, 0.3) is 0 Å². The van der Waals surface area contributed by atoms with Gasteiger partial charge in [-0.05, 0) is 70.0 Å². The maximum atomic E-state index is 10.4. The predicted octanol–water partition coefficient (Wildman–Crippen LogP) is 2.82. The fraction of sp³-hybridized carbons (Fsp3) is 0.550. The Hall–Kier alpha value is -2.25. The van der Waals surface area contributed by atoms with Gasteiger partial charge in [-0.3, -0.25) is 0 Å². The van der Waals surface area contributed by atoms with Crippen molar-refractivity contribution < 1.29 is 9.52 Å². The molecule has 3 aromatic heterocycles. The van der Waals surface area contributed by atoms with Crippen LogP contribution in [0.4, 0.5) is 0 Å². The van der Waals surface area contributed by atoms with Crippen molar-refractivity contribution in [3.8, 4) is 0 Å². The van der Waals surface area contributed by atoms with Crippen LogP contribution in [0.2, 0.25) is 0 Å². The van der Waals surface area contributed by atoms with Crippen molar-refractivity contribution in [2.45, 2.75) is 50.5 Å². The maximum absolute atomic E-state index is 10.4. The summed E-state index contributed by atoms with van der Waals surface area (Å²) in [5.41, 5.74) is 2.00. The second kappa shape index (κ2) is 6.73. The Morgan fingerprint density at radius 1 is 1.07 bits per heavy atom. The second-order valence-electron chi connectivity index (χ2n) is 7.90. The number of aliphatic hydroxyl groups excluding tert-OH is 1. The van der Waals surface area contributed by atoms with Gasteiger partial charge in [0, 0.05) is 18.4 Å². The average Bonchev–Trinajstić information content (AvgIpc) is 3.31. The molecular weight excluding hydrogens is 342 g/mol. The maximum Gasteiger partial charge on any atom is 0.177 e. The third-order valence-corrected chi connectivity index (χ3v) is 5.78. The number of piperidine rings is 1. The number of fused-ring (bicyclic) bond motifs is 1. The Balaban J connectivity index is 1.25. The normalized spacial score (nSPS) is 20.4. The summed E-state index contributed by atoms with van der Waals surface area (Å²) in [7, 11) is 0. The number of aromatic nitrogens is 4. The Morgan fingerprint density at radius 3 is 2.59 bits per heavy atom. The van der Waals surface area contributed by atoms with Crippen molar-refractivity contribution in [3.05, 3.63) is 47.3 Å². The van der Waals surface area contributed by atoms with Crippen molar-refractivity contribution >= 4 is 5.65 Å². The van der Waals surface area contributed by atoms with Crippen LogP contribution in [0.15, 0.2) is 28.7 Å². The number of hydrogen-bond donors (Lipinski definition) is 1. The first-order chi connectivity index (χ1) is 13.2. The van der Waals surface area contributed by atoms with Crippen LogP contribution in [0.25, 0.3) is 5.65 Å². The molecule has 0 spiro atoms. The van der Waals surface area contributed by atoms with Gasteiger partial charge in [-0.2, -0.15) is 9.61 Å². The van der Waals surface area contributed by atoms with Crippen LogP contribution in [0.1, 0.15) is 66.7 Å². The lowest BCUT2D eigenvalue weighted by Crippen LogP contribution is -2.36. The largest absolute Gasteiger partial charge is 0.464 e. The fourth-order valence-corrected chi connectivity index (χ4v) is 4.01. The molecule has 27 heavy (non-hydrogen) atoms. The van der Waals surface area contributed by atoms with E-state index in [1.165, 1.54) is 12.8 Å². The van der Waals surface area contributed by atoms with Gasteiger partial charge in [0.15, 0.2) is 11.5 Å². The molecule has 1 unspecified atom stereocenters. The highest BCUT2D eigenvalue weighted by atomic mass is 16.4. The number of rotatable bonds is 5. The van der Waals surface area contributed by atoms with E-state index in [4.69, 9.17) is 9.52 Å². The summed E-state index contributed by atoms with van der Waals surface area (Å²) in [4.78, 5) is 2.30. The quantitative estimate of drug-likeness (QED) is 0.747. The monoisotopic (exact) mass is 367 g/mol. The van der Waals surface area contributed by atoms with Crippen molar-refractivity contribution in [1.82, 2.24) is 24.7 Å². The minimum absolute atomic E-state index is 0.362. The molecule has 0 aromatic carbocycles. The molecule has 2 aliphatic rings. The molecule has 7 heteroatoms. The first-order valence-electron chi connectivity index (χ1n) is 9.86. The molecule has 0 radical (unpaired) electrons. The second-order valence-corrected chi connectivity index (χ2v) is 7.90. The highest BCUT2D eigenvalue weighted by Gasteiger charge is 2.29. The molecular formula is C20H25N5O2. The molecule has 1 saturated carbocycles. The number of nitrogens with zero attached hydrogens (tertiary/aromatic N) is 5. The van der Waals surface area contributed by atoms with E-state index in [0.29, 0.717) is 24.1 Å². The highest BCUT2D eigenvalue weighted by molar-refractivity contribution is 5.38. The van der Waals surface area contributed by atoms with Crippen LogP contribution >= 0.6 is 0 Å². The van der Waals surface area contributed by atoms with Gasteiger partial charge in [0.2, 0.25) is 0 Å². The van der Waals surface area contributed by atoms with E-state index in [1.807, 2.05) is 29.6 Å². The first-order valence-corrected chi connectivity index (χ1v) is 9.86. The molecule has 0 amide bonds. The molecule has 1 N–H and O–H groups in total. The summed E-state index contributed by atoms with van der Waals surface area (Å²) < 4.78 is 7.50. The number of aliphatic hydroxyl groups is 1. The molecule has 1 atom stereocenters. The van der Waals surface area contributed by atoms with E-state index < -0.39 is 6.10 Å². The van der Waals surface area contributed by atoms with Crippen molar-refractivity contribution in [2.24, 2.45) is 0 Å². The summed E-state index contributed by atoms with van der Waals surface area (Å²) in [6.45, 7) is 4.36. The van der Waals surface area contributed by atoms with Gasteiger partial charge in [-0.25, -0.2) is 0 Å². The van der Waals surface area contributed by atoms with Gasteiger partial charge in [0.05, 0.1) is 5.69 Å². The summed E-state index contributed by atoms with van der Waals surface area (Å²) in [5, 5.41) is 24.0. The van der Waals surface area contributed by atoms with E-state index in [0.717, 1.165) is 48.9 Å². The predicted molar refractivity (Wildman–Crippen MR) is 99.6 cm³/mol. The fourth-order valence-electron chi connectivity index (χ4n) is 4.01. The molecule has 1 aliphatic carbocycles. The van der Waals surface area contributed by atoms with Crippen molar-refractivity contribution in [1.29, 1.82) is 0 Å². The smallest absolute Gasteiger partial charge is 0.177 e. The van der Waals surface area contributed by atoms with Crippen LogP contribution in [0.5, 0.6) is 0 Å².